The smallest absolute Gasteiger partial charge is 0.412 e. The molecule has 0 bridgehead atoms. The fourth-order valence-electron chi connectivity index (χ4n) is 5.89. The van der Waals surface area contributed by atoms with Gasteiger partial charge in [0.15, 0.2) is 0 Å². The van der Waals surface area contributed by atoms with Crippen LogP contribution in [0.25, 0.3) is 0 Å². The number of amides is 3. The van der Waals surface area contributed by atoms with Crippen molar-refractivity contribution < 1.29 is 19.1 Å². The van der Waals surface area contributed by atoms with Crippen LogP contribution >= 0.6 is 0 Å². The summed E-state index contributed by atoms with van der Waals surface area (Å²) in [4.78, 5) is 46.4. The third-order valence-corrected chi connectivity index (χ3v) is 9.02. The molecular weight excluding hydrogens is 669 g/mol. The molecule has 0 saturated carbocycles. The third-order valence-electron chi connectivity index (χ3n) is 9.02. The standard InChI is InChI=1S/C23H30N4O3.C18H22N4O/c1-23(2,3)30-22(29)25-20-8-6-5-7-19(20)24-21(28)17-9-11-18(12-10-17)27-15-13-26(4)14-16-27;1-21-10-12-22(13-11-21)15-8-6-14(7-9-15)18(23)20-17-5-3-2-4-16(17)19/h5-12H,13-16H2,1-4H3,(H,24,28)(H,25,29);2-9H,10-13,19H2,1H3,(H,20,23). The van der Waals surface area contributed by atoms with Gasteiger partial charge in [0.25, 0.3) is 11.8 Å². The Morgan fingerprint density at radius 1 is 0.547 bits per heavy atom. The number of ether oxygens (including phenoxy) is 1. The van der Waals surface area contributed by atoms with E-state index in [1.165, 1.54) is 0 Å². The topological polar surface area (TPSA) is 136 Å². The number of benzene rings is 4. The second-order valence-electron chi connectivity index (χ2n) is 14.3. The van der Waals surface area contributed by atoms with Crippen molar-refractivity contribution >= 4 is 52.0 Å². The molecule has 4 aromatic rings. The summed E-state index contributed by atoms with van der Waals surface area (Å²) in [6.45, 7) is 13.6. The molecule has 280 valence electrons. The summed E-state index contributed by atoms with van der Waals surface area (Å²) in [5.41, 5.74) is 10.9. The molecule has 2 saturated heterocycles. The fourth-order valence-corrected chi connectivity index (χ4v) is 5.89. The summed E-state index contributed by atoms with van der Waals surface area (Å²) in [5.74, 6) is -0.383. The molecule has 12 nitrogen and oxygen atoms in total. The summed E-state index contributed by atoms with van der Waals surface area (Å²) in [7, 11) is 4.26. The number of carbonyl (C=O) groups excluding carboxylic acids is 3. The van der Waals surface area contributed by atoms with Crippen LogP contribution in [0.4, 0.5) is 38.9 Å². The minimum absolute atomic E-state index is 0.146. The molecular formula is C41H52N8O4. The number of carbonyl (C=O) groups is 3. The molecule has 2 aliphatic rings. The highest BCUT2D eigenvalue weighted by Gasteiger charge is 2.19. The van der Waals surface area contributed by atoms with Crippen LogP contribution in [0.3, 0.4) is 0 Å². The van der Waals surface area contributed by atoms with Crippen LogP contribution in [0, 0.1) is 0 Å². The maximum atomic E-state index is 12.7. The molecule has 5 N–H and O–H groups in total. The highest BCUT2D eigenvalue weighted by Crippen LogP contribution is 2.24. The van der Waals surface area contributed by atoms with Crippen molar-refractivity contribution in [2.45, 2.75) is 26.4 Å². The molecule has 53 heavy (non-hydrogen) atoms. The van der Waals surface area contributed by atoms with Gasteiger partial charge in [-0.25, -0.2) is 4.79 Å². The van der Waals surface area contributed by atoms with Crippen molar-refractivity contribution in [3.8, 4) is 0 Å². The number of hydrogen-bond donors (Lipinski definition) is 4. The van der Waals surface area contributed by atoms with Gasteiger partial charge in [-0.05, 0) is 108 Å². The molecule has 0 aromatic heterocycles. The van der Waals surface area contributed by atoms with E-state index in [1.807, 2.05) is 60.7 Å². The number of hydrogen-bond acceptors (Lipinski definition) is 9. The minimum atomic E-state index is -0.603. The molecule has 0 spiro atoms. The lowest BCUT2D eigenvalue weighted by Gasteiger charge is -2.34. The predicted molar refractivity (Wildman–Crippen MR) is 215 cm³/mol. The van der Waals surface area contributed by atoms with Gasteiger partial charge in [0.1, 0.15) is 5.60 Å². The molecule has 2 heterocycles. The predicted octanol–water partition coefficient (Wildman–Crippen LogP) is 6.31. The first kappa shape index (κ1) is 38.6. The Hall–Kier alpha value is -5.59. The maximum absolute atomic E-state index is 12.7. The monoisotopic (exact) mass is 720 g/mol. The number of para-hydroxylation sites is 4. The van der Waals surface area contributed by atoms with E-state index in [9.17, 15) is 14.4 Å². The highest BCUT2D eigenvalue weighted by molar-refractivity contribution is 6.07. The number of nitrogens with two attached hydrogens (primary N) is 1. The zero-order chi connectivity index (χ0) is 38.0. The molecule has 3 amide bonds. The van der Waals surface area contributed by atoms with E-state index in [1.54, 1.807) is 57.2 Å². The Morgan fingerprint density at radius 2 is 0.925 bits per heavy atom. The van der Waals surface area contributed by atoms with E-state index < -0.39 is 11.7 Å². The lowest BCUT2D eigenvalue weighted by molar-refractivity contribution is 0.0635. The molecule has 0 radical (unpaired) electrons. The Balaban J connectivity index is 0.000000211. The van der Waals surface area contributed by atoms with Gasteiger partial charge in [-0.3, -0.25) is 14.9 Å². The van der Waals surface area contributed by atoms with Crippen LogP contribution in [0.5, 0.6) is 0 Å². The molecule has 2 aliphatic heterocycles. The van der Waals surface area contributed by atoms with Crippen molar-refractivity contribution in [1.29, 1.82) is 0 Å². The average Bonchev–Trinajstić information content (AvgIpc) is 3.14. The third kappa shape index (κ3) is 11.4. The van der Waals surface area contributed by atoms with Crippen molar-refractivity contribution in [1.82, 2.24) is 9.80 Å². The number of rotatable bonds is 7. The Labute approximate surface area is 312 Å². The van der Waals surface area contributed by atoms with Gasteiger partial charge >= 0.3 is 6.09 Å². The average molecular weight is 721 g/mol. The molecule has 0 atom stereocenters. The second kappa shape index (κ2) is 17.8. The van der Waals surface area contributed by atoms with E-state index in [2.05, 4.69) is 49.6 Å². The number of nitrogens with one attached hydrogen (secondary N) is 3. The number of piperazine rings is 2. The Kier molecular flexibility index (Phi) is 12.9. The van der Waals surface area contributed by atoms with Crippen LogP contribution in [0.15, 0.2) is 97.1 Å². The summed E-state index contributed by atoms with van der Waals surface area (Å²) >= 11 is 0. The number of nitrogens with zero attached hydrogens (tertiary/aromatic N) is 4. The van der Waals surface area contributed by atoms with Crippen molar-refractivity contribution in [2.75, 3.05) is 97.9 Å². The van der Waals surface area contributed by atoms with E-state index >= 15 is 0 Å². The first-order chi connectivity index (χ1) is 25.3. The Morgan fingerprint density at radius 3 is 1.34 bits per heavy atom. The van der Waals surface area contributed by atoms with E-state index in [0.717, 1.165) is 63.7 Å². The fraction of sp³-hybridized carbons (Fsp3) is 0.341. The zero-order valence-corrected chi connectivity index (χ0v) is 31.4. The summed E-state index contributed by atoms with van der Waals surface area (Å²) in [6, 6.07) is 29.7. The lowest BCUT2D eigenvalue weighted by atomic mass is 10.1. The van der Waals surface area contributed by atoms with Gasteiger partial charge < -0.3 is 40.7 Å². The molecule has 0 unspecified atom stereocenters. The van der Waals surface area contributed by atoms with Crippen LogP contribution in [-0.2, 0) is 4.74 Å². The molecule has 2 fully saturated rings. The van der Waals surface area contributed by atoms with Gasteiger partial charge in [0, 0.05) is 74.9 Å². The van der Waals surface area contributed by atoms with Gasteiger partial charge in [-0.15, -0.1) is 0 Å². The molecule has 6 rings (SSSR count). The number of likely N-dealkylation sites (N-methyl/N-ethyl adjacent to an activating group) is 2. The van der Waals surface area contributed by atoms with E-state index in [-0.39, 0.29) is 11.8 Å². The van der Waals surface area contributed by atoms with E-state index in [0.29, 0.717) is 33.9 Å². The molecule has 4 aromatic carbocycles. The van der Waals surface area contributed by atoms with Crippen molar-refractivity contribution in [2.24, 2.45) is 0 Å². The SMILES string of the molecule is CN1CCN(c2ccc(C(=O)Nc3ccccc3N)cc2)CC1.CN1CCN(c2ccc(C(=O)Nc3ccccc3NC(=O)OC(C)(C)C)cc2)CC1. The molecule has 0 aliphatic carbocycles. The summed E-state index contributed by atoms with van der Waals surface area (Å²) < 4.78 is 5.29. The first-order valence-corrected chi connectivity index (χ1v) is 18.0. The summed E-state index contributed by atoms with van der Waals surface area (Å²) in [6.07, 6.45) is -0.569. The molecule has 12 heteroatoms. The minimum Gasteiger partial charge on any atom is -0.444 e. The second-order valence-corrected chi connectivity index (χ2v) is 14.3. The van der Waals surface area contributed by atoms with Crippen LogP contribution in [-0.4, -0.2) is 99.8 Å². The maximum Gasteiger partial charge on any atom is 0.412 e. The quantitative estimate of drug-likeness (QED) is 0.162. The zero-order valence-electron chi connectivity index (χ0n) is 31.4. The van der Waals surface area contributed by atoms with Gasteiger partial charge in [-0.2, -0.15) is 0 Å². The van der Waals surface area contributed by atoms with Crippen LogP contribution < -0.4 is 31.5 Å². The lowest BCUT2D eigenvalue weighted by Crippen LogP contribution is -2.44. The van der Waals surface area contributed by atoms with Crippen molar-refractivity contribution in [3.63, 3.8) is 0 Å². The van der Waals surface area contributed by atoms with Crippen molar-refractivity contribution in [3.05, 3.63) is 108 Å². The summed E-state index contributed by atoms with van der Waals surface area (Å²) in [5, 5.41) is 8.41. The van der Waals surface area contributed by atoms with Crippen LogP contribution in [0.2, 0.25) is 0 Å². The van der Waals surface area contributed by atoms with Crippen LogP contribution in [0.1, 0.15) is 41.5 Å². The van der Waals surface area contributed by atoms with Gasteiger partial charge in [0.2, 0.25) is 0 Å². The van der Waals surface area contributed by atoms with Gasteiger partial charge in [0.05, 0.1) is 22.7 Å². The number of nitrogen functional groups attached to an aromatic ring is 1. The largest absolute Gasteiger partial charge is 0.444 e. The van der Waals surface area contributed by atoms with E-state index in [4.69, 9.17) is 10.5 Å². The Bertz CT molecular complexity index is 1830. The normalized spacial score (nSPS) is 15.1. The number of anilines is 6. The van der Waals surface area contributed by atoms with Gasteiger partial charge in [-0.1, -0.05) is 24.3 Å². The first-order valence-electron chi connectivity index (χ1n) is 18.0. The highest BCUT2D eigenvalue weighted by atomic mass is 16.6.